The van der Waals surface area contributed by atoms with Gasteiger partial charge in [0.15, 0.2) is 11.2 Å². The van der Waals surface area contributed by atoms with Crippen LogP contribution in [0.2, 0.25) is 0 Å². The van der Waals surface area contributed by atoms with Crippen LogP contribution in [0.15, 0.2) is 12.7 Å². The Labute approximate surface area is 82.3 Å². The van der Waals surface area contributed by atoms with Crippen molar-refractivity contribution in [1.29, 1.82) is 0 Å². The Morgan fingerprint density at radius 1 is 1.42 bits per heavy atom. The molecule has 0 bridgehead atoms. The second-order valence-corrected chi connectivity index (χ2v) is 3.15. The number of halogens is 1. The lowest BCUT2D eigenvalue weighted by Crippen LogP contribution is -1.90. The van der Waals surface area contributed by atoms with Gasteiger partial charge in [-0.25, -0.2) is 9.97 Å². The van der Waals surface area contributed by atoms with Crippen molar-refractivity contribution < 1.29 is 4.74 Å². The van der Waals surface area contributed by atoms with Crippen molar-refractivity contribution in [1.82, 2.24) is 17.7 Å². The van der Waals surface area contributed by atoms with E-state index in [1.807, 2.05) is 0 Å². The highest BCUT2D eigenvalue weighted by Gasteiger charge is 2.07. The highest BCUT2D eigenvalue weighted by Crippen LogP contribution is 2.19. The van der Waals surface area contributed by atoms with E-state index >= 15 is 0 Å². The molecule has 0 aliphatic carbocycles. The van der Waals surface area contributed by atoms with Gasteiger partial charge in [-0.05, 0) is 0 Å². The minimum atomic E-state index is 0.510. The van der Waals surface area contributed by atoms with Gasteiger partial charge in [0.05, 0.1) is 30.0 Å². The summed E-state index contributed by atoms with van der Waals surface area (Å²) in [6, 6.07) is 0. The summed E-state index contributed by atoms with van der Waals surface area (Å²) in [6.07, 6.45) is 3.13. The van der Waals surface area contributed by atoms with Crippen molar-refractivity contribution in [2.45, 2.75) is 0 Å². The fraction of sp³-hybridized carbons (Fsp3) is 0.167. The van der Waals surface area contributed by atoms with E-state index in [4.69, 9.17) is 4.74 Å². The predicted octanol–water partition coefficient (Wildman–Crippen LogP) is 1.03. The van der Waals surface area contributed by atoms with Gasteiger partial charge in [-0.1, -0.05) is 0 Å². The first kappa shape index (κ1) is 7.71. The molecule has 0 saturated heterocycles. The van der Waals surface area contributed by atoms with E-state index in [9.17, 15) is 0 Å². The summed E-state index contributed by atoms with van der Waals surface area (Å²) in [5, 5.41) is 0. The molecule has 12 heavy (non-hydrogen) atoms. The van der Waals surface area contributed by atoms with Crippen molar-refractivity contribution in [3.05, 3.63) is 12.7 Å². The minimum Gasteiger partial charge on any atom is -0.479 e. The lowest BCUT2D eigenvalue weighted by atomic mass is 10.5. The summed E-state index contributed by atoms with van der Waals surface area (Å²) >= 11 is 2.09. The van der Waals surface area contributed by atoms with Crippen molar-refractivity contribution in [3.63, 3.8) is 0 Å². The Morgan fingerprint density at radius 3 is 3.00 bits per heavy atom. The molecule has 0 radical (unpaired) electrons. The van der Waals surface area contributed by atoms with E-state index in [2.05, 4.69) is 37.8 Å². The molecule has 0 spiro atoms. The highest BCUT2D eigenvalue weighted by molar-refractivity contribution is 14.1. The van der Waals surface area contributed by atoms with Crippen LogP contribution in [0.25, 0.3) is 11.2 Å². The molecule has 5 nitrogen and oxygen atoms in total. The molecule has 0 saturated carbocycles. The monoisotopic (exact) mass is 276 g/mol. The van der Waals surface area contributed by atoms with Crippen LogP contribution in [-0.4, -0.2) is 24.8 Å². The van der Waals surface area contributed by atoms with Crippen LogP contribution in [-0.2, 0) is 0 Å². The van der Waals surface area contributed by atoms with Crippen LogP contribution in [0.1, 0.15) is 0 Å². The lowest BCUT2D eigenvalue weighted by molar-refractivity contribution is 0.401. The van der Waals surface area contributed by atoms with E-state index in [-0.39, 0.29) is 0 Å². The van der Waals surface area contributed by atoms with Gasteiger partial charge in [-0.2, -0.15) is 4.98 Å². The molecule has 0 aliphatic rings. The third kappa shape index (κ3) is 1.02. The minimum absolute atomic E-state index is 0.510. The third-order valence-electron chi connectivity index (χ3n) is 1.45. The number of methoxy groups -OCH3 is 1. The lowest BCUT2D eigenvalue weighted by Gasteiger charge is -1.96. The molecule has 2 aromatic rings. The second-order valence-electron chi connectivity index (χ2n) is 2.11. The quantitative estimate of drug-likeness (QED) is 0.730. The fourth-order valence-electron chi connectivity index (χ4n) is 0.936. The number of ether oxygens (including phenoxy) is 1. The molecular formula is C6H5IN4O. The average Bonchev–Trinajstić information content (AvgIpc) is 2.48. The van der Waals surface area contributed by atoms with Gasteiger partial charge >= 0.3 is 0 Å². The van der Waals surface area contributed by atoms with Crippen molar-refractivity contribution in [2.75, 3.05) is 7.11 Å². The molecular weight excluding hydrogens is 271 g/mol. The zero-order valence-electron chi connectivity index (χ0n) is 6.23. The van der Waals surface area contributed by atoms with Crippen LogP contribution in [0, 0.1) is 0 Å². The zero-order chi connectivity index (χ0) is 8.55. The van der Waals surface area contributed by atoms with Crippen molar-refractivity contribution in [3.8, 4) is 5.88 Å². The zero-order valence-corrected chi connectivity index (χ0v) is 8.39. The summed E-state index contributed by atoms with van der Waals surface area (Å²) in [7, 11) is 1.56. The van der Waals surface area contributed by atoms with Gasteiger partial charge in [0.25, 0.3) is 0 Å². The van der Waals surface area contributed by atoms with Crippen molar-refractivity contribution in [2.24, 2.45) is 0 Å². The Balaban J connectivity index is 2.81. The first-order chi connectivity index (χ1) is 5.83. The smallest absolute Gasteiger partial charge is 0.245 e. The number of fused-ring (bicyclic) bond motifs is 1. The number of nitrogens with zero attached hydrogens (tertiary/aromatic N) is 4. The Bertz CT molecular complexity index is 413. The van der Waals surface area contributed by atoms with Gasteiger partial charge in [0, 0.05) is 0 Å². The molecule has 0 unspecified atom stereocenters. The van der Waals surface area contributed by atoms with Crippen LogP contribution in [0.4, 0.5) is 0 Å². The summed E-state index contributed by atoms with van der Waals surface area (Å²) in [6.45, 7) is 0. The van der Waals surface area contributed by atoms with E-state index in [0.29, 0.717) is 11.4 Å². The van der Waals surface area contributed by atoms with Crippen LogP contribution < -0.4 is 4.74 Å². The predicted molar refractivity (Wildman–Crippen MR) is 51.3 cm³/mol. The summed E-state index contributed by atoms with van der Waals surface area (Å²) in [4.78, 5) is 12.1. The summed E-state index contributed by atoms with van der Waals surface area (Å²) < 4.78 is 6.80. The molecule has 6 heteroatoms. The van der Waals surface area contributed by atoms with E-state index in [1.54, 1.807) is 16.2 Å². The van der Waals surface area contributed by atoms with Gasteiger partial charge in [0.2, 0.25) is 5.88 Å². The van der Waals surface area contributed by atoms with Crippen molar-refractivity contribution >= 4 is 34.0 Å². The molecule has 0 aliphatic heterocycles. The maximum absolute atomic E-state index is 5.01. The molecule has 2 aromatic heterocycles. The highest BCUT2D eigenvalue weighted by atomic mass is 127. The topological polar surface area (TPSA) is 52.8 Å². The SMILES string of the molecule is COc1ncnc2c1ncn2I. The number of rotatable bonds is 1. The first-order valence-electron chi connectivity index (χ1n) is 3.21. The largest absolute Gasteiger partial charge is 0.479 e. The molecule has 0 aromatic carbocycles. The Kier molecular flexibility index (Phi) is 1.83. The van der Waals surface area contributed by atoms with Crippen LogP contribution in [0.3, 0.4) is 0 Å². The number of hydrogen-bond donors (Lipinski definition) is 0. The first-order valence-corrected chi connectivity index (χ1v) is 4.17. The maximum atomic E-state index is 5.01. The molecule has 0 amide bonds. The number of aromatic nitrogens is 4. The van der Waals surface area contributed by atoms with E-state index in [1.165, 1.54) is 6.33 Å². The molecule has 0 atom stereocenters. The summed E-state index contributed by atoms with van der Waals surface area (Å²) in [5.41, 5.74) is 1.46. The normalized spacial score (nSPS) is 10.5. The van der Waals surface area contributed by atoms with Gasteiger partial charge < -0.3 is 4.74 Å². The number of hydrogen-bond acceptors (Lipinski definition) is 4. The molecule has 0 fully saturated rings. The van der Waals surface area contributed by atoms with Gasteiger partial charge in [-0.3, -0.25) is 2.78 Å². The second kappa shape index (κ2) is 2.85. The van der Waals surface area contributed by atoms with E-state index in [0.717, 1.165) is 5.65 Å². The van der Waals surface area contributed by atoms with E-state index < -0.39 is 0 Å². The number of imidazole rings is 1. The average molecular weight is 276 g/mol. The third-order valence-corrected chi connectivity index (χ3v) is 2.16. The standard InChI is InChI=1S/C6H5IN4O/c1-12-6-4-5(8-2-9-6)11(7)3-10-4/h2-3H,1H3. The van der Waals surface area contributed by atoms with Crippen LogP contribution in [0.5, 0.6) is 5.88 Å². The summed E-state index contributed by atoms with van der Waals surface area (Å²) in [5.74, 6) is 0.510. The maximum Gasteiger partial charge on any atom is 0.245 e. The van der Waals surface area contributed by atoms with Gasteiger partial charge in [0.1, 0.15) is 12.7 Å². The van der Waals surface area contributed by atoms with Crippen LogP contribution >= 0.6 is 22.9 Å². The molecule has 62 valence electrons. The fourth-order valence-corrected chi connectivity index (χ4v) is 1.41. The Hall–Kier alpha value is -0.920. The van der Waals surface area contributed by atoms with Gasteiger partial charge in [-0.15, -0.1) is 0 Å². The Morgan fingerprint density at radius 2 is 2.25 bits per heavy atom. The molecule has 2 heterocycles. The molecule has 2 rings (SSSR count). The molecule has 0 N–H and O–H groups in total.